The Hall–Kier alpha value is -1.55. The lowest BCUT2D eigenvalue weighted by Gasteiger charge is -2.31. The highest BCUT2D eigenvalue weighted by molar-refractivity contribution is 5.68. The van der Waals surface area contributed by atoms with Crippen molar-refractivity contribution >= 4 is 6.09 Å². The summed E-state index contributed by atoms with van der Waals surface area (Å²) in [7, 11) is 0. The second-order valence-corrected chi connectivity index (χ2v) is 8.90. The van der Waals surface area contributed by atoms with Crippen LogP contribution < -0.4 is 5.32 Å². The molecule has 24 heavy (non-hydrogen) atoms. The van der Waals surface area contributed by atoms with E-state index in [1.807, 2.05) is 20.8 Å². The van der Waals surface area contributed by atoms with E-state index in [1.165, 1.54) is 5.56 Å². The lowest BCUT2D eigenvalue weighted by molar-refractivity contribution is 0.00603. The fourth-order valence-electron chi connectivity index (χ4n) is 4.25. The van der Waals surface area contributed by atoms with Crippen LogP contribution in [0.15, 0.2) is 30.3 Å². The zero-order valence-corrected chi connectivity index (χ0v) is 15.5. The van der Waals surface area contributed by atoms with Crippen molar-refractivity contribution in [2.45, 2.75) is 52.3 Å². The van der Waals surface area contributed by atoms with Gasteiger partial charge in [0.15, 0.2) is 0 Å². The second kappa shape index (κ2) is 6.07. The van der Waals surface area contributed by atoms with E-state index in [4.69, 9.17) is 4.74 Å². The van der Waals surface area contributed by atoms with Crippen LogP contribution in [0.1, 0.15) is 40.2 Å². The molecule has 1 aliphatic carbocycles. The van der Waals surface area contributed by atoms with Gasteiger partial charge in [-0.1, -0.05) is 30.3 Å². The number of fused-ring (bicyclic) bond motifs is 1. The third-order valence-corrected chi connectivity index (χ3v) is 5.15. The number of nitrogens with zero attached hydrogens (tertiary/aromatic N) is 1. The van der Waals surface area contributed by atoms with Crippen LogP contribution in [0.3, 0.4) is 0 Å². The Labute approximate surface area is 145 Å². The standard InChI is InChI=1S/C20H30N2O2/c1-19(2,3)21-18(23)24-20(4,5)17-15-12-22(13-16(15)17)11-14-9-7-6-8-10-14/h6-10,15-17H,11-13H2,1-5H3,(H,21,23). The van der Waals surface area contributed by atoms with Crippen LogP contribution in [-0.4, -0.2) is 35.2 Å². The minimum absolute atomic E-state index is 0.265. The number of hydrogen-bond acceptors (Lipinski definition) is 3. The maximum Gasteiger partial charge on any atom is 0.408 e. The molecule has 1 aromatic carbocycles. The summed E-state index contributed by atoms with van der Waals surface area (Å²) in [5.74, 6) is 1.80. The Morgan fingerprint density at radius 2 is 1.71 bits per heavy atom. The molecular formula is C20H30N2O2. The monoisotopic (exact) mass is 330 g/mol. The molecule has 0 bridgehead atoms. The van der Waals surface area contributed by atoms with E-state index in [9.17, 15) is 4.79 Å². The van der Waals surface area contributed by atoms with Crippen LogP contribution in [0.2, 0.25) is 0 Å². The predicted octanol–water partition coefficient (Wildman–Crippen LogP) is 3.67. The second-order valence-electron chi connectivity index (χ2n) is 8.90. The fourth-order valence-corrected chi connectivity index (χ4v) is 4.25. The Morgan fingerprint density at radius 3 is 2.25 bits per heavy atom. The molecule has 1 heterocycles. The van der Waals surface area contributed by atoms with Crippen molar-refractivity contribution in [2.75, 3.05) is 13.1 Å². The predicted molar refractivity (Wildman–Crippen MR) is 95.6 cm³/mol. The third-order valence-electron chi connectivity index (χ3n) is 5.15. The lowest BCUT2D eigenvalue weighted by atomic mass is 9.98. The van der Waals surface area contributed by atoms with Crippen molar-refractivity contribution in [3.05, 3.63) is 35.9 Å². The fraction of sp³-hybridized carbons (Fsp3) is 0.650. The normalized spacial score (nSPS) is 26.8. The molecule has 4 heteroatoms. The summed E-state index contributed by atoms with van der Waals surface area (Å²) in [5.41, 5.74) is 0.707. The van der Waals surface area contributed by atoms with Crippen LogP contribution in [0.25, 0.3) is 0 Å². The number of likely N-dealkylation sites (tertiary alicyclic amines) is 1. The zero-order chi connectivity index (χ0) is 17.5. The highest BCUT2D eigenvalue weighted by Crippen LogP contribution is 2.58. The van der Waals surface area contributed by atoms with Crippen LogP contribution in [0.4, 0.5) is 4.79 Å². The number of alkyl carbamates (subject to hydrolysis) is 1. The molecule has 1 saturated carbocycles. The zero-order valence-electron chi connectivity index (χ0n) is 15.5. The summed E-state index contributed by atoms with van der Waals surface area (Å²) in [4.78, 5) is 14.6. The summed E-state index contributed by atoms with van der Waals surface area (Å²) in [6.07, 6.45) is -0.307. The minimum Gasteiger partial charge on any atom is -0.443 e. The van der Waals surface area contributed by atoms with Gasteiger partial charge in [-0.05, 0) is 52.0 Å². The molecule has 1 aromatic rings. The number of carbonyl (C=O) groups excluding carboxylic acids is 1. The van der Waals surface area contributed by atoms with Crippen LogP contribution in [0.5, 0.6) is 0 Å². The van der Waals surface area contributed by atoms with Gasteiger partial charge in [0.1, 0.15) is 5.60 Å². The molecular weight excluding hydrogens is 300 g/mol. The van der Waals surface area contributed by atoms with Crippen molar-refractivity contribution in [1.29, 1.82) is 0 Å². The van der Waals surface area contributed by atoms with Crippen LogP contribution in [-0.2, 0) is 11.3 Å². The molecule has 1 N–H and O–H groups in total. The number of benzene rings is 1. The molecule has 2 unspecified atom stereocenters. The van der Waals surface area contributed by atoms with Gasteiger partial charge in [0.2, 0.25) is 0 Å². The van der Waals surface area contributed by atoms with Crippen molar-refractivity contribution in [3.63, 3.8) is 0 Å². The molecule has 1 aliphatic heterocycles. The van der Waals surface area contributed by atoms with E-state index < -0.39 is 5.60 Å². The Bertz CT molecular complexity index is 579. The Balaban J connectivity index is 1.50. The molecule has 2 atom stereocenters. The topological polar surface area (TPSA) is 41.6 Å². The maximum atomic E-state index is 12.1. The largest absolute Gasteiger partial charge is 0.443 e. The van der Waals surface area contributed by atoms with E-state index >= 15 is 0 Å². The summed E-state index contributed by atoms with van der Waals surface area (Å²) in [5, 5.41) is 2.89. The van der Waals surface area contributed by atoms with Gasteiger partial charge >= 0.3 is 6.09 Å². The summed E-state index contributed by atoms with van der Waals surface area (Å²) < 4.78 is 5.76. The summed E-state index contributed by atoms with van der Waals surface area (Å²) in [6.45, 7) is 13.2. The molecule has 0 spiro atoms. The molecule has 1 amide bonds. The van der Waals surface area contributed by atoms with Gasteiger partial charge in [0, 0.05) is 31.1 Å². The molecule has 4 nitrogen and oxygen atoms in total. The van der Waals surface area contributed by atoms with Gasteiger partial charge in [0.05, 0.1) is 0 Å². The average molecular weight is 330 g/mol. The van der Waals surface area contributed by atoms with E-state index in [2.05, 4.69) is 54.4 Å². The maximum absolute atomic E-state index is 12.1. The SMILES string of the molecule is CC(C)(C)NC(=O)OC(C)(C)C1C2CN(Cc3ccccc3)CC21. The Morgan fingerprint density at radius 1 is 1.12 bits per heavy atom. The highest BCUT2D eigenvalue weighted by atomic mass is 16.6. The summed E-state index contributed by atoms with van der Waals surface area (Å²) >= 11 is 0. The minimum atomic E-state index is -0.399. The first kappa shape index (κ1) is 17.3. The average Bonchev–Trinajstić information content (AvgIpc) is 2.97. The van der Waals surface area contributed by atoms with Gasteiger partial charge in [-0.2, -0.15) is 0 Å². The first-order valence-corrected chi connectivity index (χ1v) is 8.93. The van der Waals surface area contributed by atoms with E-state index in [1.54, 1.807) is 0 Å². The number of hydrogen-bond donors (Lipinski definition) is 1. The number of piperidine rings is 1. The number of amides is 1. The molecule has 0 radical (unpaired) electrons. The highest BCUT2D eigenvalue weighted by Gasteiger charge is 2.62. The third kappa shape index (κ3) is 3.92. The van der Waals surface area contributed by atoms with E-state index in [-0.39, 0.29) is 11.6 Å². The van der Waals surface area contributed by atoms with Gasteiger partial charge in [0.25, 0.3) is 0 Å². The van der Waals surface area contributed by atoms with E-state index in [0.29, 0.717) is 17.8 Å². The number of carbonyl (C=O) groups is 1. The quantitative estimate of drug-likeness (QED) is 0.916. The van der Waals surface area contributed by atoms with Crippen LogP contribution in [0, 0.1) is 17.8 Å². The molecule has 1 saturated heterocycles. The number of nitrogens with one attached hydrogen (secondary N) is 1. The van der Waals surface area contributed by atoms with Crippen LogP contribution >= 0.6 is 0 Å². The van der Waals surface area contributed by atoms with E-state index in [0.717, 1.165) is 19.6 Å². The molecule has 3 rings (SSSR count). The smallest absolute Gasteiger partial charge is 0.408 e. The number of rotatable bonds is 4. The number of ether oxygens (including phenoxy) is 1. The molecule has 2 fully saturated rings. The van der Waals surface area contributed by atoms with Crippen molar-refractivity contribution < 1.29 is 9.53 Å². The lowest BCUT2D eigenvalue weighted by Crippen LogP contribution is -2.45. The van der Waals surface area contributed by atoms with Gasteiger partial charge in [-0.15, -0.1) is 0 Å². The van der Waals surface area contributed by atoms with Crippen molar-refractivity contribution in [1.82, 2.24) is 10.2 Å². The van der Waals surface area contributed by atoms with Crippen molar-refractivity contribution in [2.24, 2.45) is 17.8 Å². The van der Waals surface area contributed by atoms with Gasteiger partial charge < -0.3 is 10.1 Å². The Kier molecular flexibility index (Phi) is 4.37. The van der Waals surface area contributed by atoms with Gasteiger partial charge in [-0.25, -0.2) is 4.79 Å². The molecule has 132 valence electrons. The molecule has 2 aliphatic rings. The van der Waals surface area contributed by atoms with Crippen molar-refractivity contribution in [3.8, 4) is 0 Å². The first-order chi connectivity index (χ1) is 11.2. The molecule has 0 aromatic heterocycles. The first-order valence-electron chi connectivity index (χ1n) is 8.93. The summed E-state index contributed by atoms with van der Waals surface area (Å²) in [6, 6.07) is 10.6. The van der Waals surface area contributed by atoms with Gasteiger partial charge in [-0.3, -0.25) is 4.90 Å².